The molecule has 0 saturated heterocycles. The van der Waals surface area contributed by atoms with Gasteiger partial charge in [-0.25, -0.2) is 8.78 Å². The summed E-state index contributed by atoms with van der Waals surface area (Å²) in [5.41, 5.74) is 1.91. The Morgan fingerprint density at radius 2 is 1.68 bits per heavy atom. The fourth-order valence-electron chi connectivity index (χ4n) is 3.34. The fraction of sp³-hybridized carbons (Fsp3) is 0.174. The molecule has 0 aliphatic heterocycles. The van der Waals surface area contributed by atoms with Crippen molar-refractivity contribution < 1.29 is 23.8 Å². The number of carboxylic acids is 1. The van der Waals surface area contributed by atoms with E-state index < -0.39 is 23.5 Å². The molecule has 0 radical (unpaired) electrons. The first-order chi connectivity index (χ1) is 14.7. The van der Waals surface area contributed by atoms with E-state index in [9.17, 15) is 14.3 Å². The van der Waals surface area contributed by atoms with Gasteiger partial charge in [0.1, 0.15) is 23.9 Å². The van der Waals surface area contributed by atoms with Crippen molar-refractivity contribution in [1.82, 2.24) is 0 Å². The van der Waals surface area contributed by atoms with E-state index in [0.29, 0.717) is 16.8 Å². The lowest BCUT2D eigenvalue weighted by Crippen LogP contribution is -2.12. The minimum atomic E-state index is -1.04. The van der Waals surface area contributed by atoms with Crippen LogP contribution < -0.4 is 5.32 Å². The van der Waals surface area contributed by atoms with Crippen LogP contribution in [0.5, 0.6) is 5.75 Å². The van der Waals surface area contributed by atoms with E-state index in [-0.39, 0.29) is 39.9 Å². The number of phenols is 1. The zero-order valence-electron chi connectivity index (χ0n) is 16.4. The highest BCUT2D eigenvalue weighted by atomic mass is 35.5. The zero-order chi connectivity index (χ0) is 22.7. The predicted octanol–water partition coefficient (Wildman–Crippen LogP) is 6.22. The van der Waals surface area contributed by atoms with Gasteiger partial charge in [-0.15, -0.1) is 0 Å². The summed E-state index contributed by atoms with van der Waals surface area (Å²) in [6.07, 6.45) is 0.0616. The molecule has 1 atom stereocenters. The van der Waals surface area contributed by atoms with Crippen molar-refractivity contribution in [3.8, 4) is 5.75 Å². The minimum absolute atomic E-state index is 0.0616. The lowest BCUT2D eigenvalue weighted by atomic mass is 9.89. The fourth-order valence-corrected chi connectivity index (χ4v) is 3.96. The Morgan fingerprint density at radius 1 is 1.06 bits per heavy atom. The summed E-state index contributed by atoms with van der Waals surface area (Å²) in [5, 5.41) is 22.2. The molecule has 8 heteroatoms. The monoisotopic (exact) mass is 465 g/mol. The third kappa shape index (κ3) is 5.27. The Labute approximate surface area is 188 Å². The first-order valence-corrected chi connectivity index (χ1v) is 10.1. The van der Waals surface area contributed by atoms with Gasteiger partial charge in [0, 0.05) is 33.6 Å². The third-order valence-electron chi connectivity index (χ3n) is 4.99. The summed E-state index contributed by atoms with van der Waals surface area (Å²) in [7, 11) is 0. The molecule has 0 amide bonds. The molecule has 0 aliphatic carbocycles. The number of hydrogen-bond acceptors (Lipinski definition) is 3. The number of aliphatic carboxylic acids is 1. The lowest BCUT2D eigenvalue weighted by molar-refractivity contribution is -0.134. The van der Waals surface area contributed by atoms with Crippen LogP contribution >= 0.6 is 23.2 Å². The topological polar surface area (TPSA) is 69.6 Å². The Bertz CT molecular complexity index is 1100. The molecule has 0 fully saturated rings. The van der Waals surface area contributed by atoms with Crippen molar-refractivity contribution in [2.45, 2.75) is 19.3 Å². The van der Waals surface area contributed by atoms with Crippen LogP contribution in [0.1, 0.15) is 35.1 Å². The van der Waals surface area contributed by atoms with Gasteiger partial charge in [0.15, 0.2) is 0 Å². The molecule has 4 nitrogen and oxygen atoms in total. The molecule has 31 heavy (non-hydrogen) atoms. The van der Waals surface area contributed by atoms with Crippen LogP contribution in [-0.2, 0) is 11.2 Å². The highest BCUT2D eigenvalue weighted by Crippen LogP contribution is 2.37. The maximum Gasteiger partial charge on any atom is 0.322 e. The molecule has 0 aromatic heterocycles. The van der Waals surface area contributed by atoms with Crippen molar-refractivity contribution in [3.63, 3.8) is 0 Å². The summed E-state index contributed by atoms with van der Waals surface area (Å²) in [5.74, 6) is -2.76. The highest BCUT2D eigenvalue weighted by molar-refractivity contribution is 6.36. The van der Waals surface area contributed by atoms with Crippen LogP contribution in [0.25, 0.3) is 0 Å². The molecule has 0 spiro atoms. The average molecular weight is 466 g/mol. The largest absolute Gasteiger partial charge is 0.508 e. The summed E-state index contributed by atoms with van der Waals surface area (Å²) < 4.78 is 28.6. The SMILES string of the molecule is CC(c1ccc(F)cc1)c1c(O)ccc(Cc2c(Cl)cc(NCC(=O)O)cc2Cl)c1F. The Hall–Kier alpha value is -2.83. The second kappa shape index (κ2) is 9.54. The number of carbonyl (C=O) groups is 1. The summed E-state index contributed by atoms with van der Waals surface area (Å²) >= 11 is 12.6. The molecule has 0 heterocycles. The van der Waals surface area contributed by atoms with Crippen molar-refractivity contribution in [3.05, 3.63) is 92.5 Å². The lowest BCUT2D eigenvalue weighted by Gasteiger charge is -2.18. The van der Waals surface area contributed by atoms with Crippen LogP contribution in [0.3, 0.4) is 0 Å². The summed E-state index contributed by atoms with van der Waals surface area (Å²) in [6.45, 7) is 1.42. The standard InChI is InChI=1S/C23H19Cl2F2NO3/c1-12(13-2-5-15(26)6-3-13)22-20(29)7-4-14(23(22)27)8-17-18(24)9-16(10-19(17)25)28-11-21(30)31/h2-7,9-10,12,28-29H,8,11H2,1H3,(H,30,31). The van der Waals surface area contributed by atoms with Crippen LogP contribution in [-0.4, -0.2) is 22.7 Å². The molecule has 0 bridgehead atoms. The number of rotatable bonds is 7. The molecular weight excluding hydrogens is 447 g/mol. The number of benzene rings is 3. The maximum absolute atomic E-state index is 15.4. The molecule has 162 valence electrons. The van der Waals surface area contributed by atoms with Gasteiger partial charge in [-0.1, -0.05) is 48.3 Å². The number of halogens is 4. The molecule has 1 unspecified atom stereocenters. The highest BCUT2D eigenvalue weighted by Gasteiger charge is 2.22. The van der Waals surface area contributed by atoms with Gasteiger partial charge in [0.25, 0.3) is 0 Å². The predicted molar refractivity (Wildman–Crippen MR) is 117 cm³/mol. The number of anilines is 1. The molecule has 0 saturated carbocycles. The minimum Gasteiger partial charge on any atom is -0.508 e. The maximum atomic E-state index is 15.4. The molecule has 3 aromatic carbocycles. The Kier molecular flexibility index (Phi) is 7.03. The number of phenolic OH excluding ortho intramolecular Hbond substituents is 1. The third-order valence-corrected chi connectivity index (χ3v) is 5.67. The molecule has 3 N–H and O–H groups in total. The molecule has 3 rings (SSSR count). The summed E-state index contributed by atoms with van der Waals surface area (Å²) in [4.78, 5) is 10.7. The second-order valence-electron chi connectivity index (χ2n) is 7.09. The first kappa shape index (κ1) is 22.8. The Balaban J connectivity index is 1.93. The number of carboxylic acid groups (broad SMARTS) is 1. The van der Waals surface area contributed by atoms with E-state index in [0.717, 1.165) is 0 Å². The van der Waals surface area contributed by atoms with E-state index in [1.165, 1.54) is 36.4 Å². The molecular formula is C23H19Cl2F2NO3. The van der Waals surface area contributed by atoms with Crippen molar-refractivity contribution in [1.29, 1.82) is 0 Å². The van der Waals surface area contributed by atoms with Gasteiger partial charge in [-0.2, -0.15) is 0 Å². The number of nitrogens with one attached hydrogen (secondary N) is 1. The van der Waals surface area contributed by atoms with Crippen LogP contribution in [0.2, 0.25) is 10.0 Å². The van der Waals surface area contributed by atoms with Crippen molar-refractivity contribution >= 4 is 34.9 Å². The van der Waals surface area contributed by atoms with Gasteiger partial charge in [0.05, 0.1) is 0 Å². The first-order valence-electron chi connectivity index (χ1n) is 9.36. The van der Waals surface area contributed by atoms with Gasteiger partial charge >= 0.3 is 5.97 Å². The van der Waals surface area contributed by atoms with Gasteiger partial charge < -0.3 is 15.5 Å². The smallest absolute Gasteiger partial charge is 0.322 e. The van der Waals surface area contributed by atoms with Crippen LogP contribution in [0.15, 0.2) is 48.5 Å². The van der Waals surface area contributed by atoms with E-state index in [1.54, 1.807) is 19.1 Å². The quantitative estimate of drug-likeness (QED) is 0.387. The van der Waals surface area contributed by atoms with Crippen LogP contribution in [0.4, 0.5) is 14.5 Å². The Morgan fingerprint density at radius 3 is 2.26 bits per heavy atom. The number of aromatic hydroxyl groups is 1. The van der Waals surface area contributed by atoms with Gasteiger partial charge in [-0.3, -0.25) is 4.79 Å². The van der Waals surface area contributed by atoms with Gasteiger partial charge in [0.2, 0.25) is 0 Å². The summed E-state index contributed by atoms with van der Waals surface area (Å²) in [6, 6.07) is 11.5. The normalized spacial score (nSPS) is 11.9. The van der Waals surface area contributed by atoms with Crippen molar-refractivity contribution in [2.75, 3.05) is 11.9 Å². The molecule has 0 aliphatic rings. The average Bonchev–Trinajstić information content (AvgIpc) is 2.71. The van der Waals surface area contributed by atoms with Gasteiger partial charge in [-0.05, 0) is 47.0 Å². The van der Waals surface area contributed by atoms with E-state index in [1.807, 2.05) is 0 Å². The zero-order valence-corrected chi connectivity index (χ0v) is 17.9. The van der Waals surface area contributed by atoms with Crippen LogP contribution in [0, 0.1) is 11.6 Å². The number of hydrogen-bond donors (Lipinski definition) is 3. The van der Waals surface area contributed by atoms with E-state index in [4.69, 9.17) is 28.3 Å². The van der Waals surface area contributed by atoms with Crippen molar-refractivity contribution in [2.24, 2.45) is 0 Å². The van der Waals surface area contributed by atoms with E-state index in [2.05, 4.69) is 5.32 Å². The molecule has 3 aromatic rings. The second-order valence-corrected chi connectivity index (χ2v) is 7.90. The van der Waals surface area contributed by atoms with E-state index >= 15 is 4.39 Å².